The van der Waals surface area contributed by atoms with E-state index < -0.39 is 0 Å². The van der Waals surface area contributed by atoms with Crippen LogP contribution in [0.1, 0.15) is 0 Å². The number of hydrogen-bond acceptors (Lipinski definition) is 2. The van der Waals surface area contributed by atoms with E-state index in [0.717, 1.165) is 0 Å². The summed E-state index contributed by atoms with van der Waals surface area (Å²) in [7, 11) is 5.01. The van der Waals surface area contributed by atoms with E-state index in [1.807, 2.05) is 0 Å². The summed E-state index contributed by atoms with van der Waals surface area (Å²) >= 11 is 0. The second kappa shape index (κ2) is 5.17. The number of hydrogen-bond donors (Lipinski definition) is 1. The maximum absolute atomic E-state index is 10.7. The molecule has 0 aromatic carbocycles. The lowest BCUT2D eigenvalue weighted by atomic mass is 10.9. The molecule has 1 aromatic heterocycles. The highest BCUT2D eigenvalue weighted by Crippen LogP contribution is 1.72. The van der Waals surface area contributed by atoms with Crippen LogP contribution in [0, 0.1) is 0 Å². The molecular weight excluding hydrogens is 158 g/mol. The second-order valence-corrected chi connectivity index (χ2v) is 2.21. The second-order valence-electron chi connectivity index (χ2n) is 2.21. The smallest absolute Gasteiger partial charge is 0.327 e. The van der Waals surface area contributed by atoms with E-state index in [9.17, 15) is 4.79 Å². The van der Waals surface area contributed by atoms with Crippen molar-refractivity contribution < 1.29 is 4.79 Å². The summed E-state index contributed by atoms with van der Waals surface area (Å²) in [4.78, 5) is 19.8. The first kappa shape index (κ1) is 10.5. The van der Waals surface area contributed by atoms with Gasteiger partial charge in [0.1, 0.15) is 0 Å². The van der Waals surface area contributed by atoms with Crippen LogP contribution in [0.5, 0.6) is 0 Å². The van der Waals surface area contributed by atoms with Crippen LogP contribution in [0.2, 0.25) is 0 Å². The van der Waals surface area contributed by atoms with Gasteiger partial charge in [-0.2, -0.15) is 0 Å². The Bertz CT molecular complexity index is 265. The standard InChI is InChI=1S/C5H8N2O.C2H5NO/c1-6-3-4-7(2)5(6)8;1-3-2-4/h3-4H,1-2H3;2H,1H3,(H,3,4). The zero-order valence-corrected chi connectivity index (χ0v) is 7.44. The average Bonchev–Trinajstić information content (AvgIpc) is 2.37. The van der Waals surface area contributed by atoms with E-state index in [-0.39, 0.29) is 5.69 Å². The molecule has 1 amide bonds. The molecule has 0 saturated heterocycles. The molecule has 0 spiro atoms. The zero-order valence-electron chi connectivity index (χ0n) is 7.44. The van der Waals surface area contributed by atoms with Gasteiger partial charge in [-0.15, -0.1) is 0 Å². The molecule has 0 atom stereocenters. The van der Waals surface area contributed by atoms with E-state index in [2.05, 4.69) is 5.32 Å². The minimum atomic E-state index is 0.0185. The summed E-state index contributed by atoms with van der Waals surface area (Å²) in [6.45, 7) is 0. The summed E-state index contributed by atoms with van der Waals surface area (Å²) in [5.74, 6) is 0. The van der Waals surface area contributed by atoms with Gasteiger partial charge < -0.3 is 14.5 Å². The van der Waals surface area contributed by atoms with Crippen molar-refractivity contribution >= 4 is 6.41 Å². The van der Waals surface area contributed by atoms with E-state index in [1.54, 1.807) is 33.5 Å². The van der Waals surface area contributed by atoms with Gasteiger partial charge in [-0.1, -0.05) is 0 Å². The van der Waals surface area contributed by atoms with Crippen molar-refractivity contribution in [3.05, 3.63) is 22.9 Å². The SMILES string of the molecule is CNC=O.Cn1ccn(C)c1=O. The first-order valence-corrected chi connectivity index (χ1v) is 3.42. The molecule has 0 fully saturated rings. The van der Waals surface area contributed by atoms with Crippen molar-refractivity contribution in [3.8, 4) is 0 Å². The Labute approximate surface area is 70.6 Å². The van der Waals surface area contributed by atoms with Crippen LogP contribution in [0.25, 0.3) is 0 Å². The van der Waals surface area contributed by atoms with E-state index in [1.165, 1.54) is 9.13 Å². The number of aryl methyl sites for hydroxylation is 2. The predicted octanol–water partition coefficient (Wildman–Crippen LogP) is -0.914. The summed E-state index contributed by atoms with van der Waals surface area (Å²) in [6, 6.07) is 0. The summed E-state index contributed by atoms with van der Waals surface area (Å²) in [6.07, 6.45) is 4.07. The Morgan fingerprint density at radius 3 is 1.75 bits per heavy atom. The number of nitrogens with zero attached hydrogens (tertiary/aromatic N) is 2. The third kappa shape index (κ3) is 3.05. The summed E-state index contributed by atoms with van der Waals surface area (Å²) in [5, 5.41) is 2.25. The fourth-order valence-corrected chi connectivity index (χ4v) is 0.576. The van der Waals surface area contributed by atoms with Crippen LogP contribution in [-0.4, -0.2) is 22.6 Å². The zero-order chi connectivity index (χ0) is 9.56. The Balaban J connectivity index is 0.000000261. The van der Waals surface area contributed by atoms with Gasteiger partial charge in [-0.05, 0) is 0 Å². The lowest BCUT2D eigenvalue weighted by Crippen LogP contribution is -2.18. The number of carbonyl (C=O) groups excluding carboxylic acids is 1. The average molecular weight is 171 g/mol. The minimum Gasteiger partial charge on any atom is -0.362 e. The highest BCUT2D eigenvalue weighted by Gasteiger charge is 1.89. The minimum absolute atomic E-state index is 0.0185. The number of carbonyl (C=O) groups is 1. The van der Waals surface area contributed by atoms with Gasteiger partial charge in [0, 0.05) is 33.5 Å². The van der Waals surface area contributed by atoms with Crippen molar-refractivity contribution in [2.24, 2.45) is 14.1 Å². The fraction of sp³-hybridized carbons (Fsp3) is 0.429. The van der Waals surface area contributed by atoms with Crippen LogP contribution < -0.4 is 11.0 Å². The number of amides is 1. The van der Waals surface area contributed by atoms with Gasteiger partial charge in [0.05, 0.1) is 0 Å². The van der Waals surface area contributed by atoms with Gasteiger partial charge in [0.2, 0.25) is 6.41 Å². The van der Waals surface area contributed by atoms with Gasteiger partial charge >= 0.3 is 5.69 Å². The summed E-state index contributed by atoms with van der Waals surface area (Å²) < 4.78 is 3.06. The molecule has 0 aliphatic heterocycles. The van der Waals surface area contributed by atoms with Crippen LogP contribution in [0.15, 0.2) is 17.2 Å². The summed E-state index contributed by atoms with van der Waals surface area (Å²) in [5.41, 5.74) is 0.0185. The van der Waals surface area contributed by atoms with Crippen molar-refractivity contribution in [3.63, 3.8) is 0 Å². The number of nitrogens with one attached hydrogen (secondary N) is 1. The molecule has 0 bridgehead atoms. The lowest BCUT2D eigenvalue weighted by Gasteiger charge is -1.82. The first-order chi connectivity index (χ1) is 5.63. The topological polar surface area (TPSA) is 56.0 Å². The van der Waals surface area contributed by atoms with Crippen LogP contribution in [0.3, 0.4) is 0 Å². The molecule has 0 aliphatic rings. The van der Waals surface area contributed by atoms with E-state index in [4.69, 9.17) is 4.79 Å². The van der Waals surface area contributed by atoms with Gasteiger partial charge in [0.15, 0.2) is 0 Å². The highest BCUT2D eigenvalue weighted by atomic mass is 16.1. The number of imidazole rings is 1. The van der Waals surface area contributed by atoms with Gasteiger partial charge in [-0.25, -0.2) is 4.79 Å². The van der Waals surface area contributed by atoms with Crippen molar-refractivity contribution in [2.75, 3.05) is 7.05 Å². The van der Waals surface area contributed by atoms with Crippen LogP contribution in [-0.2, 0) is 18.9 Å². The van der Waals surface area contributed by atoms with Crippen molar-refractivity contribution in [1.82, 2.24) is 14.5 Å². The molecule has 0 aliphatic carbocycles. The third-order valence-corrected chi connectivity index (χ3v) is 1.24. The monoisotopic (exact) mass is 171 g/mol. The third-order valence-electron chi connectivity index (χ3n) is 1.24. The molecule has 0 saturated carbocycles. The van der Waals surface area contributed by atoms with E-state index >= 15 is 0 Å². The normalized spacial score (nSPS) is 8.25. The Hall–Kier alpha value is -1.52. The molecular formula is C7H13N3O2. The van der Waals surface area contributed by atoms with Crippen molar-refractivity contribution in [1.29, 1.82) is 0 Å². The van der Waals surface area contributed by atoms with Gasteiger partial charge in [-0.3, -0.25) is 4.79 Å². The lowest BCUT2D eigenvalue weighted by molar-refractivity contribution is -0.109. The first-order valence-electron chi connectivity index (χ1n) is 3.42. The highest BCUT2D eigenvalue weighted by molar-refractivity contribution is 5.44. The predicted molar refractivity (Wildman–Crippen MR) is 45.8 cm³/mol. The Morgan fingerprint density at radius 2 is 1.67 bits per heavy atom. The molecule has 1 rings (SSSR count). The number of rotatable bonds is 1. The fourth-order valence-electron chi connectivity index (χ4n) is 0.576. The Morgan fingerprint density at radius 1 is 1.33 bits per heavy atom. The molecule has 5 nitrogen and oxygen atoms in total. The molecule has 12 heavy (non-hydrogen) atoms. The van der Waals surface area contributed by atoms with Crippen LogP contribution >= 0.6 is 0 Å². The molecule has 1 aromatic rings. The molecule has 1 heterocycles. The molecule has 1 N–H and O–H groups in total. The molecule has 0 radical (unpaired) electrons. The Kier molecular flexibility index (Phi) is 4.52. The van der Waals surface area contributed by atoms with E-state index in [0.29, 0.717) is 6.41 Å². The maximum Gasteiger partial charge on any atom is 0.327 e. The largest absolute Gasteiger partial charge is 0.362 e. The number of aromatic nitrogens is 2. The van der Waals surface area contributed by atoms with Crippen molar-refractivity contribution in [2.45, 2.75) is 0 Å². The molecule has 68 valence electrons. The maximum atomic E-state index is 10.7. The molecule has 5 heteroatoms. The van der Waals surface area contributed by atoms with Gasteiger partial charge in [0.25, 0.3) is 0 Å². The quantitative estimate of drug-likeness (QED) is 0.556. The molecule has 0 unspecified atom stereocenters. The van der Waals surface area contributed by atoms with Crippen LogP contribution in [0.4, 0.5) is 0 Å².